The van der Waals surface area contributed by atoms with Crippen LogP contribution in [0.1, 0.15) is 12.8 Å². The summed E-state index contributed by atoms with van der Waals surface area (Å²) in [5.41, 5.74) is 0. The number of ether oxygens (including phenoxy) is 1. The Hall–Kier alpha value is -1.74. The van der Waals surface area contributed by atoms with E-state index in [4.69, 9.17) is 4.74 Å². The van der Waals surface area contributed by atoms with Crippen molar-refractivity contribution in [1.29, 1.82) is 0 Å². The second-order valence-corrected chi connectivity index (χ2v) is 6.78. The summed E-state index contributed by atoms with van der Waals surface area (Å²) in [6.45, 7) is 2.38. The number of hydrogen-bond acceptors (Lipinski definition) is 6. The molecule has 1 aromatic heterocycles. The van der Waals surface area contributed by atoms with Gasteiger partial charge in [-0.3, -0.25) is 9.69 Å². The van der Waals surface area contributed by atoms with E-state index < -0.39 is 0 Å². The Morgan fingerprint density at radius 1 is 1.25 bits per heavy atom. The first-order chi connectivity index (χ1) is 11.6. The number of methoxy groups -OCH3 is 1. The van der Waals surface area contributed by atoms with E-state index in [1.165, 1.54) is 4.90 Å². The van der Waals surface area contributed by atoms with Crippen LogP contribution < -0.4 is 4.90 Å². The third-order valence-corrected chi connectivity index (χ3v) is 4.81. The van der Waals surface area contributed by atoms with Gasteiger partial charge in [-0.25, -0.2) is 14.8 Å². The molecule has 0 N–H and O–H groups in total. The van der Waals surface area contributed by atoms with Crippen LogP contribution in [0.5, 0.6) is 0 Å². The molecule has 9 heteroatoms. The highest BCUT2D eigenvalue weighted by atomic mass is 79.9. The number of halogens is 1. The molecule has 0 aromatic carbocycles. The number of piperidine rings is 1. The van der Waals surface area contributed by atoms with Crippen molar-refractivity contribution in [1.82, 2.24) is 19.8 Å². The first kappa shape index (κ1) is 17.1. The SMILES string of the molecule is COCCN1C(=O)CN(C2CCN(c3ncc(Br)cn3)CC2)C1=O. The van der Waals surface area contributed by atoms with Crippen LogP contribution in [0, 0.1) is 0 Å². The van der Waals surface area contributed by atoms with E-state index in [0.717, 1.165) is 30.4 Å². The fourth-order valence-electron chi connectivity index (χ4n) is 3.09. The zero-order valence-electron chi connectivity index (χ0n) is 13.5. The number of carbonyl (C=O) groups is 2. The maximum absolute atomic E-state index is 12.4. The van der Waals surface area contributed by atoms with Crippen LogP contribution in [0.15, 0.2) is 16.9 Å². The lowest BCUT2D eigenvalue weighted by molar-refractivity contribution is -0.125. The summed E-state index contributed by atoms with van der Waals surface area (Å²) in [4.78, 5) is 38.2. The number of carbonyl (C=O) groups excluding carboxylic acids is 2. The molecule has 0 saturated carbocycles. The van der Waals surface area contributed by atoms with Crippen molar-refractivity contribution >= 4 is 33.8 Å². The van der Waals surface area contributed by atoms with Gasteiger partial charge in [0.15, 0.2) is 0 Å². The van der Waals surface area contributed by atoms with Crippen molar-refractivity contribution in [2.24, 2.45) is 0 Å². The lowest BCUT2D eigenvalue weighted by Crippen LogP contribution is -2.47. The average molecular weight is 398 g/mol. The Morgan fingerprint density at radius 2 is 1.92 bits per heavy atom. The summed E-state index contributed by atoms with van der Waals surface area (Å²) in [6, 6.07) is -0.115. The van der Waals surface area contributed by atoms with Gasteiger partial charge < -0.3 is 14.5 Å². The van der Waals surface area contributed by atoms with Crippen molar-refractivity contribution in [3.8, 4) is 0 Å². The maximum Gasteiger partial charge on any atom is 0.327 e. The van der Waals surface area contributed by atoms with Gasteiger partial charge in [-0.2, -0.15) is 0 Å². The summed E-state index contributed by atoms with van der Waals surface area (Å²) in [5.74, 6) is 0.554. The van der Waals surface area contributed by atoms with Gasteiger partial charge in [-0.1, -0.05) is 0 Å². The lowest BCUT2D eigenvalue weighted by Gasteiger charge is -2.36. The first-order valence-electron chi connectivity index (χ1n) is 7.92. The molecular formula is C15H20BrN5O3. The number of aromatic nitrogens is 2. The van der Waals surface area contributed by atoms with Crippen molar-refractivity contribution in [3.05, 3.63) is 16.9 Å². The zero-order valence-corrected chi connectivity index (χ0v) is 15.1. The minimum Gasteiger partial charge on any atom is -0.383 e. The normalized spacial score (nSPS) is 19.5. The van der Waals surface area contributed by atoms with Crippen molar-refractivity contribution in [3.63, 3.8) is 0 Å². The fraction of sp³-hybridized carbons (Fsp3) is 0.600. The van der Waals surface area contributed by atoms with E-state index in [-0.39, 0.29) is 24.5 Å². The molecule has 2 aliphatic heterocycles. The average Bonchev–Trinajstić information content (AvgIpc) is 2.88. The topological polar surface area (TPSA) is 78.9 Å². The third kappa shape index (κ3) is 3.51. The van der Waals surface area contributed by atoms with Gasteiger partial charge in [0.2, 0.25) is 11.9 Å². The van der Waals surface area contributed by atoms with Crippen LogP contribution >= 0.6 is 15.9 Å². The molecule has 0 bridgehead atoms. The Kier molecular flexibility index (Phi) is 5.30. The highest BCUT2D eigenvalue weighted by Gasteiger charge is 2.40. The predicted octanol–water partition coefficient (Wildman–Crippen LogP) is 1.12. The van der Waals surface area contributed by atoms with E-state index in [0.29, 0.717) is 19.1 Å². The monoisotopic (exact) mass is 397 g/mol. The number of nitrogens with zero attached hydrogens (tertiary/aromatic N) is 5. The van der Waals surface area contributed by atoms with Gasteiger partial charge in [0.05, 0.1) is 17.6 Å². The first-order valence-corrected chi connectivity index (χ1v) is 8.72. The molecule has 0 spiro atoms. The Bertz CT molecular complexity index is 604. The molecule has 0 aliphatic carbocycles. The number of anilines is 1. The number of urea groups is 1. The van der Waals surface area contributed by atoms with E-state index in [1.807, 2.05) is 0 Å². The van der Waals surface area contributed by atoms with Gasteiger partial charge in [0, 0.05) is 38.6 Å². The van der Waals surface area contributed by atoms with E-state index >= 15 is 0 Å². The van der Waals surface area contributed by atoms with Crippen LogP contribution in [-0.4, -0.2) is 77.6 Å². The van der Waals surface area contributed by atoms with E-state index in [9.17, 15) is 9.59 Å². The molecule has 24 heavy (non-hydrogen) atoms. The largest absolute Gasteiger partial charge is 0.383 e. The molecule has 3 rings (SSSR count). The number of hydrogen-bond donors (Lipinski definition) is 0. The van der Waals surface area contributed by atoms with E-state index in [1.54, 1.807) is 24.4 Å². The summed E-state index contributed by atoms with van der Waals surface area (Å²) >= 11 is 3.33. The molecule has 3 amide bonds. The molecule has 0 radical (unpaired) electrons. The molecular weight excluding hydrogens is 378 g/mol. The van der Waals surface area contributed by atoms with Crippen LogP contribution in [0.25, 0.3) is 0 Å². The van der Waals surface area contributed by atoms with Crippen molar-refractivity contribution in [2.45, 2.75) is 18.9 Å². The molecule has 130 valence electrons. The summed E-state index contributed by atoms with van der Waals surface area (Å²) in [6.07, 6.45) is 5.06. The van der Waals surface area contributed by atoms with Gasteiger partial charge in [-0.05, 0) is 28.8 Å². The van der Waals surface area contributed by atoms with Crippen LogP contribution in [-0.2, 0) is 9.53 Å². The highest BCUT2D eigenvalue weighted by molar-refractivity contribution is 9.10. The molecule has 2 aliphatic rings. The molecule has 0 atom stereocenters. The molecule has 2 saturated heterocycles. The van der Waals surface area contributed by atoms with Crippen molar-refractivity contribution in [2.75, 3.05) is 44.8 Å². The smallest absolute Gasteiger partial charge is 0.327 e. The van der Waals surface area contributed by atoms with Gasteiger partial charge in [-0.15, -0.1) is 0 Å². The number of amides is 3. The highest BCUT2D eigenvalue weighted by Crippen LogP contribution is 2.24. The van der Waals surface area contributed by atoms with E-state index in [2.05, 4.69) is 30.8 Å². The van der Waals surface area contributed by atoms with Crippen molar-refractivity contribution < 1.29 is 14.3 Å². The number of rotatable bonds is 5. The molecule has 2 fully saturated rings. The summed E-state index contributed by atoms with van der Waals surface area (Å²) in [7, 11) is 1.56. The summed E-state index contributed by atoms with van der Waals surface area (Å²) < 4.78 is 5.81. The Morgan fingerprint density at radius 3 is 2.54 bits per heavy atom. The van der Waals surface area contributed by atoms with Gasteiger partial charge >= 0.3 is 6.03 Å². The Balaban J connectivity index is 1.57. The third-order valence-electron chi connectivity index (χ3n) is 4.40. The lowest BCUT2D eigenvalue weighted by atomic mass is 10.0. The number of imide groups is 1. The second-order valence-electron chi connectivity index (χ2n) is 5.87. The molecule has 3 heterocycles. The minimum absolute atomic E-state index is 0.0840. The van der Waals surface area contributed by atoms with Gasteiger partial charge in [0.25, 0.3) is 0 Å². The fourth-order valence-corrected chi connectivity index (χ4v) is 3.30. The van der Waals surface area contributed by atoms with Crippen LogP contribution in [0.2, 0.25) is 0 Å². The molecule has 8 nitrogen and oxygen atoms in total. The molecule has 0 unspecified atom stereocenters. The standard InChI is InChI=1S/C15H20BrN5O3/c1-24-7-6-20-13(22)10-21(15(20)23)12-2-4-19(5-3-12)14-17-8-11(16)9-18-14/h8-9,12H,2-7,10H2,1H3. The van der Waals surface area contributed by atoms with Crippen LogP contribution in [0.4, 0.5) is 10.7 Å². The van der Waals surface area contributed by atoms with Gasteiger partial charge in [0.1, 0.15) is 6.54 Å². The maximum atomic E-state index is 12.4. The zero-order chi connectivity index (χ0) is 17.1. The molecule has 1 aromatic rings. The quantitative estimate of drug-likeness (QED) is 0.692. The second kappa shape index (κ2) is 7.43. The summed E-state index contributed by atoms with van der Waals surface area (Å²) in [5, 5.41) is 0. The minimum atomic E-state index is -0.199. The predicted molar refractivity (Wildman–Crippen MR) is 90.7 cm³/mol. The van der Waals surface area contributed by atoms with Crippen LogP contribution in [0.3, 0.4) is 0 Å². The Labute approximate surface area is 148 Å².